The number of likely N-dealkylation sites (tertiary alicyclic amines) is 1. The molecule has 0 aromatic heterocycles. The van der Waals surface area contributed by atoms with Crippen molar-refractivity contribution in [1.29, 1.82) is 0 Å². The van der Waals surface area contributed by atoms with E-state index in [4.69, 9.17) is 16.3 Å². The molecule has 2 aromatic rings. The number of rotatable bonds is 6. The SMILES string of the molecule is O=C(OCC(=O)c1ccccc1Cl)c1ccc(N2C(=O)CC(N3CCCCC3)C2=O)cc1. The lowest BCUT2D eigenvalue weighted by Crippen LogP contribution is -2.44. The van der Waals surface area contributed by atoms with E-state index in [0.717, 1.165) is 32.4 Å². The largest absolute Gasteiger partial charge is 0.454 e. The maximum atomic E-state index is 12.9. The van der Waals surface area contributed by atoms with Crippen LogP contribution in [0.3, 0.4) is 0 Å². The first-order valence-corrected chi connectivity index (χ1v) is 11.0. The second kappa shape index (κ2) is 9.63. The maximum Gasteiger partial charge on any atom is 0.338 e. The highest BCUT2D eigenvalue weighted by molar-refractivity contribution is 6.34. The number of anilines is 1. The molecule has 7 nitrogen and oxygen atoms in total. The average Bonchev–Trinajstić information content (AvgIpc) is 3.12. The molecule has 0 bridgehead atoms. The normalized spacial score (nSPS) is 19.3. The molecule has 2 fully saturated rings. The number of benzene rings is 2. The third kappa shape index (κ3) is 4.59. The van der Waals surface area contributed by atoms with Gasteiger partial charge in [0.15, 0.2) is 6.61 Å². The summed E-state index contributed by atoms with van der Waals surface area (Å²) in [5.74, 6) is -1.55. The number of imide groups is 1. The molecular weight excluding hydrogens is 432 g/mol. The number of amides is 2. The van der Waals surface area contributed by atoms with Crippen LogP contribution < -0.4 is 4.90 Å². The van der Waals surface area contributed by atoms with Crippen molar-refractivity contribution >= 4 is 40.9 Å². The van der Waals surface area contributed by atoms with Gasteiger partial charge in [0.05, 0.1) is 28.7 Å². The van der Waals surface area contributed by atoms with Gasteiger partial charge in [-0.25, -0.2) is 9.69 Å². The number of carbonyl (C=O) groups is 4. The highest BCUT2D eigenvalue weighted by atomic mass is 35.5. The molecule has 1 atom stereocenters. The number of carbonyl (C=O) groups excluding carboxylic acids is 4. The molecule has 2 saturated heterocycles. The molecule has 4 rings (SSSR count). The number of Topliss-reactive ketones (excluding diaryl/α,β-unsaturated/α-hetero) is 1. The van der Waals surface area contributed by atoms with Crippen LogP contribution in [0, 0.1) is 0 Å². The van der Waals surface area contributed by atoms with E-state index in [1.807, 2.05) is 0 Å². The first-order chi connectivity index (χ1) is 15.5. The number of piperidine rings is 1. The predicted molar refractivity (Wildman–Crippen MR) is 119 cm³/mol. The fourth-order valence-electron chi connectivity index (χ4n) is 4.13. The minimum Gasteiger partial charge on any atom is -0.454 e. The third-order valence-corrected chi connectivity index (χ3v) is 6.15. The maximum absolute atomic E-state index is 12.9. The Kier molecular flexibility index (Phi) is 6.67. The molecule has 0 aliphatic carbocycles. The molecule has 32 heavy (non-hydrogen) atoms. The molecule has 8 heteroatoms. The summed E-state index contributed by atoms with van der Waals surface area (Å²) in [7, 11) is 0. The first-order valence-electron chi connectivity index (χ1n) is 10.6. The molecule has 2 aliphatic rings. The quantitative estimate of drug-likeness (QED) is 0.377. The van der Waals surface area contributed by atoms with Gasteiger partial charge in [-0.1, -0.05) is 30.2 Å². The van der Waals surface area contributed by atoms with E-state index in [0.29, 0.717) is 10.7 Å². The molecule has 2 aliphatic heterocycles. The zero-order valence-electron chi connectivity index (χ0n) is 17.5. The Morgan fingerprint density at radius 3 is 2.34 bits per heavy atom. The van der Waals surface area contributed by atoms with Crippen molar-refractivity contribution in [2.24, 2.45) is 0 Å². The van der Waals surface area contributed by atoms with Crippen molar-refractivity contribution in [3.8, 4) is 0 Å². The molecule has 2 amide bonds. The van der Waals surface area contributed by atoms with Gasteiger partial charge in [0.2, 0.25) is 11.7 Å². The lowest BCUT2D eigenvalue weighted by molar-refractivity contribution is -0.123. The van der Waals surface area contributed by atoms with E-state index < -0.39 is 24.4 Å². The van der Waals surface area contributed by atoms with E-state index in [9.17, 15) is 19.2 Å². The van der Waals surface area contributed by atoms with Crippen molar-refractivity contribution in [2.45, 2.75) is 31.7 Å². The van der Waals surface area contributed by atoms with Gasteiger partial charge in [0, 0.05) is 5.56 Å². The van der Waals surface area contributed by atoms with E-state index in [-0.39, 0.29) is 29.4 Å². The Balaban J connectivity index is 1.38. The van der Waals surface area contributed by atoms with Crippen LogP contribution in [0.25, 0.3) is 0 Å². The van der Waals surface area contributed by atoms with Crippen molar-refractivity contribution < 1.29 is 23.9 Å². The molecule has 1 unspecified atom stereocenters. The molecular formula is C24H23ClN2O5. The van der Waals surface area contributed by atoms with Crippen LogP contribution in [0.2, 0.25) is 5.02 Å². The Labute approximate surface area is 190 Å². The minimum atomic E-state index is -0.678. The van der Waals surface area contributed by atoms with E-state index in [2.05, 4.69) is 4.90 Å². The van der Waals surface area contributed by atoms with Crippen LogP contribution in [0.4, 0.5) is 5.69 Å². The van der Waals surface area contributed by atoms with Crippen LogP contribution in [0.15, 0.2) is 48.5 Å². The number of esters is 1. The fraction of sp³-hybridized carbons (Fsp3) is 0.333. The lowest BCUT2D eigenvalue weighted by atomic mass is 10.1. The Hall–Kier alpha value is -3.03. The number of nitrogens with zero attached hydrogens (tertiary/aromatic N) is 2. The fourth-order valence-corrected chi connectivity index (χ4v) is 4.37. The molecule has 166 valence electrons. The first kappa shape index (κ1) is 22.2. The molecule has 0 radical (unpaired) electrons. The van der Waals surface area contributed by atoms with Gasteiger partial charge in [-0.15, -0.1) is 0 Å². The van der Waals surface area contributed by atoms with E-state index >= 15 is 0 Å². The summed E-state index contributed by atoms with van der Waals surface area (Å²) in [5, 5.41) is 0.292. The summed E-state index contributed by atoms with van der Waals surface area (Å²) in [5.41, 5.74) is 0.919. The van der Waals surface area contributed by atoms with Crippen LogP contribution in [-0.4, -0.2) is 54.2 Å². The second-order valence-corrected chi connectivity index (χ2v) is 8.32. The number of hydrogen-bond acceptors (Lipinski definition) is 6. The summed E-state index contributed by atoms with van der Waals surface area (Å²) < 4.78 is 5.10. The average molecular weight is 455 g/mol. The topological polar surface area (TPSA) is 84.0 Å². The molecule has 0 saturated carbocycles. The minimum absolute atomic E-state index is 0.173. The van der Waals surface area contributed by atoms with Crippen LogP contribution in [0.5, 0.6) is 0 Å². The highest BCUT2D eigenvalue weighted by Gasteiger charge is 2.42. The lowest BCUT2D eigenvalue weighted by Gasteiger charge is -2.30. The van der Waals surface area contributed by atoms with E-state index in [1.165, 1.54) is 17.0 Å². The predicted octanol–water partition coefficient (Wildman–Crippen LogP) is 3.50. The van der Waals surface area contributed by atoms with Crippen molar-refractivity contribution in [1.82, 2.24) is 4.90 Å². The summed E-state index contributed by atoms with van der Waals surface area (Å²) in [6.07, 6.45) is 3.39. The summed E-state index contributed by atoms with van der Waals surface area (Å²) in [4.78, 5) is 53.3. The standard InChI is InChI=1S/C24H23ClN2O5/c25-19-7-3-2-6-18(19)21(28)15-32-24(31)16-8-10-17(11-9-16)27-22(29)14-20(23(27)30)26-12-4-1-5-13-26/h2-3,6-11,20H,1,4-5,12-15H2. The monoisotopic (exact) mass is 454 g/mol. The summed E-state index contributed by atoms with van der Waals surface area (Å²) >= 11 is 5.99. The van der Waals surface area contributed by atoms with Gasteiger partial charge in [0.1, 0.15) is 0 Å². The smallest absolute Gasteiger partial charge is 0.338 e. The summed E-state index contributed by atoms with van der Waals surface area (Å²) in [6, 6.07) is 12.2. The van der Waals surface area contributed by atoms with Gasteiger partial charge < -0.3 is 4.74 Å². The zero-order chi connectivity index (χ0) is 22.7. The van der Waals surface area contributed by atoms with E-state index in [1.54, 1.807) is 36.4 Å². The van der Waals surface area contributed by atoms with Gasteiger partial charge in [-0.2, -0.15) is 0 Å². The van der Waals surface area contributed by atoms with Crippen LogP contribution >= 0.6 is 11.6 Å². The second-order valence-electron chi connectivity index (χ2n) is 7.91. The Bertz CT molecular complexity index is 1050. The molecule has 2 aromatic carbocycles. The molecule has 0 spiro atoms. The number of hydrogen-bond donors (Lipinski definition) is 0. The molecule has 2 heterocycles. The summed E-state index contributed by atoms with van der Waals surface area (Å²) in [6.45, 7) is 1.22. The van der Waals surface area contributed by atoms with Crippen molar-refractivity contribution in [3.63, 3.8) is 0 Å². The van der Waals surface area contributed by atoms with Gasteiger partial charge >= 0.3 is 5.97 Å². The number of ether oxygens (including phenoxy) is 1. The van der Waals surface area contributed by atoms with Crippen molar-refractivity contribution in [2.75, 3.05) is 24.6 Å². The van der Waals surface area contributed by atoms with Crippen LogP contribution in [-0.2, 0) is 14.3 Å². The van der Waals surface area contributed by atoms with Gasteiger partial charge in [-0.3, -0.25) is 19.3 Å². The highest BCUT2D eigenvalue weighted by Crippen LogP contribution is 2.27. The number of ketones is 1. The molecule has 0 N–H and O–H groups in total. The Morgan fingerprint density at radius 2 is 1.66 bits per heavy atom. The zero-order valence-corrected chi connectivity index (χ0v) is 18.2. The van der Waals surface area contributed by atoms with Gasteiger partial charge in [-0.05, 0) is 62.3 Å². The Morgan fingerprint density at radius 1 is 0.969 bits per heavy atom. The van der Waals surface area contributed by atoms with Crippen LogP contribution in [0.1, 0.15) is 46.4 Å². The third-order valence-electron chi connectivity index (χ3n) is 5.82. The number of halogens is 1. The van der Waals surface area contributed by atoms with Crippen molar-refractivity contribution in [3.05, 3.63) is 64.7 Å². The van der Waals surface area contributed by atoms with Gasteiger partial charge in [0.25, 0.3) is 5.91 Å².